The highest BCUT2D eigenvalue weighted by Crippen LogP contribution is 2.21. The van der Waals surface area contributed by atoms with Crippen LogP contribution >= 0.6 is 15.9 Å². The number of hydrogen-bond donors (Lipinski definition) is 1. The fourth-order valence-electron chi connectivity index (χ4n) is 1.81. The van der Waals surface area contributed by atoms with Crippen LogP contribution < -0.4 is 5.32 Å². The van der Waals surface area contributed by atoms with Gasteiger partial charge in [-0.2, -0.15) is 0 Å². The van der Waals surface area contributed by atoms with E-state index in [0.29, 0.717) is 11.7 Å². The Morgan fingerprint density at radius 2 is 1.88 bits per heavy atom. The van der Waals surface area contributed by atoms with Gasteiger partial charge in [-0.25, -0.2) is 4.39 Å². The van der Waals surface area contributed by atoms with Crippen molar-refractivity contribution in [3.8, 4) is 0 Å². The van der Waals surface area contributed by atoms with Crippen molar-refractivity contribution in [2.75, 3.05) is 5.32 Å². The molecule has 0 fully saturated rings. The number of rotatable bonds is 6. The number of anilines is 1. The molecule has 0 unspecified atom stereocenters. The highest BCUT2D eigenvalue weighted by molar-refractivity contribution is 9.10. The molecule has 3 heteroatoms. The molecule has 0 atom stereocenters. The summed E-state index contributed by atoms with van der Waals surface area (Å²) in [6.07, 6.45) is 4.41. The summed E-state index contributed by atoms with van der Waals surface area (Å²) in [5, 5.41) is 3.28. The van der Waals surface area contributed by atoms with Gasteiger partial charge in [0, 0.05) is 10.5 Å². The highest BCUT2D eigenvalue weighted by Gasteiger charge is 2.09. The van der Waals surface area contributed by atoms with Crippen LogP contribution in [0.3, 0.4) is 0 Å². The lowest BCUT2D eigenvalue weighted by Gasteiger charge is -2.19. The Morgan fingerprint density at radius 3 is 2.38 bits per heavy atom. The molecule has 1 nitrogen and oxygen atoms in total. The van der Waals surface area contributed by atoms with Gasteiger partial charge in [0.25, 0.3) is 0 Å². The third-order valence-corrected chi connectivity index (χ3v) is 3.06. The van der Waals surface area contributed by atoms with Crippen LogP contribution in [0.1, 0.15) is 39.5 Å². The Balaban J connectivity index is 2.68. The van der Waals surface area contributed by atoms with Crippen molar-refractivity contribution in [3.63, 3.8) is 0 Å². The molecule has 1 rings (SSSR count). The van der Waals surface area contributed by atoms with Crippen molar-refractivity contribution >= 4 is 21.6 Å². The molecule has 0 amide bonds. The van der Waals surface area contributed by atoms with Crippen molar-refractivity contribution in [1.82, 2.24) is 0 Å². The average molecular weight is 288 g/mol. The van der Waals surface area contributed by atoms with E-state index in [1.54, 1.807) is 6.07 Å². The fraction of sp³-hybridized carbons (Fsp3) is 0.538. The third kappa shape index (κ3) is 4.12. The van der Waals surface area contributed by atoms with Gasteiger partial charge in [0.2, 0.25) is 0 Å². The maximum Gasteiger partial charge on any atom is 0.147 e. The second-order valence-electron chi connectivity index (χ2n) is 4.04. The molecule has 90 valence electrons. The highest BCUT2D eigenvalue weighted by atomic mass is 79.9. The maximum atomic E-state index is 13.6. The molecule has 1 aromatic rings. The predicted molar refractivity (Wildman–Crippen MR) is 71.3 cm³/mol. The number of benzene rings is 1. The lowest BCUT2D eigenvalue weighted by atomic mass is 10.1. The van der Waals surface area contributed by atoms with Gasteiger partial charge in [-0.1, -0.05) is 42.6 Å². The summed E-state index contributed by atoms with van der Waals surface area (Å²) >= 11 is 3.26. The van der Waals surface area contributed by atoms with Crippen LogP contribution in [0.15, 0.2) is 22.7 Å². The molecule has 0 spiro atoms. The van der Waals surface area contributed by atoms with Crippen molar-refractivity contribution in [3.05, 3.63) is 28.5 Å². The van der Waals surface area contributed by atoms with Crippen LogP contribution in [0.25, 0.3) is 0 Å². The number of hydrogen-bond acceptors (Lipinski definition) is 1. The number of halogens is 2. The molecule has 0 saturated heterocycles. The molecule has 0 radical (unpaired) electrons. The van der Waals surface area contributed by atoms with Gasteiger partial charge in [-0.15, -0.1) is 0 Å². The quantitative estimate of drug-likeness (QED) is 0.779. The molecule has 0 heterocycles. The van der Waals surface area contributed by atoms with E-state index in [2.05, 4.69) is 35.1 Å². The van der Waals surface area contributed by atoms with Crippen molar-refractivity contribution in [1.29, 1.82) is 0 Å². The molecular weight excluding hydrogens is 269 g/mol. The average Bonchev–Trinajstić information content (AvgIpc) is 2.23. The van der Waals surface area contributed by atoms with Gasteiger partial charge in [0.05, 0.1) is 5.69 Å². The monoisotopic (exact) mass is 287 g/mol. The van der Waals surface area contributed by atoms with E-state index in [-0.39, 0.29) is 5.82 Å². The van der Waals surface area contributed by atoms with Crippen molar-refractivity contribution in [2.45, 2.75) is 45.6 Å². The molecule has 0 aliphatic heterocycles. The van der Waals surface area contributed by atoms with Crippen LogP contribution in [0.2, 0.25) is 0 Å². The minimum Gasteiger partial charge on any atom is -0.380 e. The molecule has 0 aliphatic carbocycles. The first kappa shape index (κ1) is 13.5. The van der Waals surface area contributed by atoms with Crippen LogP contribution in [0.4, 0.5) is 10.1 Å². The summed E-state index contributed by atoms with van der Waals surface area (Å²) < 4.78 is 14.4. The van der Waals surface area contributed by atoms with Gasteiger partial charge >= 0.3 is 0 Å². The molecule has 1 N–H and O–H groups in total. The molecule has 0 aliphatic rings. The van der Waals surface area contributed by atoms with Crippen LogP contribution in [0.5, 0.6) is 0 Å². The summed E-state index contributed by atoms with van der Waals surface area (Å²) in [5.74, 6) is -0.188. The van der Waals surface area contributed by atoms with Crippen molar-refractivity contribution in [2.24, 2.45) is 0 Å². The van der Waals surface area contributed by atoms with Gasteiger partial charge < -0.3 is 5.32 Å². The molecule has 0 bridgehead atoms. The SMILES string of the molecule is CCCC(CCC)Nc1ccc(Br)cc1F. The minimum atomic E-state index is -0.188. The zero-order valence-corrected chi connectivity index (χ0v) is 11.5. The van der Waals surface area contributed by atoms with Gasteiger partial charge in [0.15, 0.2) is 0 Å². The van der Waals surface area contributed by atoms with Crippen LogP contribution in [-0.2, 0) is 0 Å². The molecule has 16 heavy (non-hydrogen) atoms. The minimum absolute atomic E-state index is 0.188. The number of nitrogens with one attached hydrogen (secondary N) is 1. The molecule has 0 aromatic heterocycles. The predicted octanol–water partition coefficient (Wildman–Crippen LogP) is 4.97. The second kappa shape index (κ2) is 6.89. The Hall–Kier alpha value is -0.570. The Morgan fingerprint density at radius 1 is 1.25 bits per heavy atom. The third-order valence-electron chi connectivity index (χ3n) is 2.57. The Bertz CT molecular complexity index is 322. The summed E-state index contributed by atoms with van der Waals surface area (Å²) in [5.41, 5.74) is 0.607. The first-order chi connectivity index (χ1) is 7.67. The van der Waals surface area contributed by atoms with Crippen LogP contribution in [0, 0.1) is 5.82 Å². The summed E-state index contributed by atoms with van der Waals surface area (Å²) in [6.45, 7) is 4.31. The van der Waals surface area contributed by atoms with E-state index < -0.39 is 0 Å². The second-order valence-corrected chi connectivity index (χ2v) is 4.96. The van der Waals surface area contributed by atoms with Gasteiger partial charge in [-0.05, 0) is 31.0 Å². The Kier molecular flexibility index (Phi) is 5.81. The standard InChI is InChI=1S/C13H19BrFN/c1-3-5-11(6-4-2)16-13-8-7-10(14)9-12(13)15/h7-9,11,16H,3-6H2,1-2H3. The molecular formula is C13H19BrFN. The van der Waals surface area contributed by atoms with Crippen molar-refractivity contribution < 1.29 is 4.39 Å². The van der Waals surface area contributed by atoms with Gasteiger partial charge in [0.1, 0.15) is 5.82 Å². The van der Waals surface area contributed by atoms with Crippen LogP contribution in [-0.4, -0.2) is 6.04 Å². The molecule has 1 aromatic carbocycles. The van der Waals surface area contributed by atoms with E-state index in [1.807, 2.05) is 6.07 Å². The first-order valence-electron chi connectivity index (χ1n) is 5.89. The topological polar surface area (TPSA) is 12.0 Å². The summed E-state index contributed by atoms with van der Waals surface area (Å²) in [7, 11) is 0. The zero-order valence-electron chi connectivity index (χ0n) is 9.89. The lowest BCUT2D eigenvalue weighted by molar-refractivity contribution is 0.574. The first-order valence-corrected chi connectivity index (χ1v) is 6.68. The van der Waals surface area contributed by atoms with Gasteiger partial charge in [-0.3, -0.25) is 0 Å². The lowest BCUT2D eigenvalue weighted by Crippen LogP contribution is -2.19. The van der Waals surface area contributed by atoms with E-state index >= 15 is 0 Å². The zero-order chi connectivity index (χ0) is 12.0. The van der Waals surface area contributed by atoms with E-state index in [9.17, 15) is 4.39 Å². The fourth-order valence-corrected chi connectivity index (χ4v) is 2.15. The van der Waals surface area contributed by atoms with E-state index in [4.69, 9.17) is 0 Å². The maximum absolute atomic E-state index is 13.6. The Labute approximate surface area is 106 Å². The van der Waals surface area contributed by atoms with E-state index in [1.165, 1.54) is 6.07 Å². The molecule has 0 saturated carbocycles. The summed E-state index contributed by atoms with van der Waals surface area (Å²) in [4.78, 5) is 0. The summed E-state index contributed by atoms with van der Waals surface area (Å²) in [6, 6.07) is 5.53. The normalized spacial score (nSPS) is 10.8. The van der Waals surface area contributed by atoms with E-state index in [0.717, 1.165) is 30.2 Å². The largest absolute Gasteiger partial charge is 0.380 e. The smallest absolute Gasteiger partial charge is 0.147 e.